The highest BCUT2D eigenvalue weighted by Gasteiger charge is 2.15. The lowest BCUT2D eigenvalue weighted by atomic mass is 10.1. The van der Waals surface area contributed by atoms with Gasteiger partial charge in [-0.1, -0.05) is 58.3 Å². The zero-order valence-corrected chi connectivity index (χ0v) is 13.7. The predicted molar refractivity (Wildman–Crippen MR) is 88.0 cm³/mol. The number of aliphatic hydroxyl groups excluding tert-OH is 2. The van der Waals surface area contributed by atoms with E-state index in [0.29, 0.717) is 0 Å². The van der Waals surface area contributed by atoms with Crippen LogP contribution < -0.4 is 0 Å². The van der Waals surface area contributed by atoms with Crippen molar-refractivity contribution in [1.82, 2.24) is 0 Å². The molecule has 0 heterocycles. The number of hydrogen-bond acceptors (Lipinski definition) is 2. The molecule has 0 unspecified atom stereocenters. The van der Waals surface area contributed by atoms with Crippen LogP contribution in [0, 0.1) is 0 Å². The van der Waals surface area contributed by atoms with E-state index in [9.17, 15) is 0 Å². The van der Waals surface area contributed by atoms with Crippen LogP contribution in [-0.2, 0) is 10.9 Å². The van der Waals surface area contributed by atoms with Gasteiger partial charge in [-0.25, -0.2) is 0 Å². The minimum atomic E-state index is 0.263. The second-order valence-corrected chi connectivity index (χ2v) is 7.80. The van der Waals surface area contributed by atoms with Crippen molar-refractivity contribution in [3.63, 3.8) is 0 Å². The molecule has 3 heteroatoms. The second kappa shape index (κ2) is 16.3. The van der Waals surface area contributed by atoms with Crippen molar-refractivity contribution in [3.05, 3.63) is 0 Å². The summed E-state index contributed by atoms with van der Waals surface area (Å²) < 4.78 is 0. The molecule has 0 aliphatic carbocycles. The fourth-order valence-corrected chi connectivity index (χ4v) is 4.10. The molecule has 0 rings (SSSR count). The first-order valence-corrected chi connectivity index (χ1v) is 9.94. The Bertz CT molecular complexity index is 159. The van der Waals surface area contributed by atoms with E-state index < -0.39 is 0 Å². The summed E-state index contributed by atoms with van der Waals surface area (Å²) in [5.74, 6) is 2.98. The summed E-state index contributed by atoms with van der Waals surface area (Å²) in [6.07, 6.45) is 13.8. The van der Waals surface area contributed by atoms with Crippen molar-refractivity contribution in [2.75, 3.05) is 30.5 Å². The average Bonchev–Trinajstić information content (AvgIpc) is 2.41. The summed E-state index contributed by atoms with van der Waals surface area (Å²) in [5, 5.41) is 17.9. The Labute approximate surface area is 123 Å². The molecule has 0 aromatic heterocycles. The third-order valence-electron chi connectivity index (χ3n) is 3.55. The molecule has 2 N–H and O–H groups in total. The van der Waals surface area contributed by atoms with Crippen LogP contribution in [0.25, 0.3) is 0 Å². The van der Waals surface area contributed by atoms with E-state index in [1.54, 1.807) is 0 Å². The summed E-state index contributed by atoms with van der Waals surface area (Å²) in [4.78, 5) is 0. The molecule has 2 nitrogen and oxygen atoms in total. The van der Waals surface area contributed by atoms with Crippen LogP contribution in [-0.4, -0.2) is 40.7 Å². The summed E-state index contributed by atoms with van der Waals surface area (Å²) in [5.41, 5.74) is 0. The first-order valence-electron chi connectivity index (χ1n) is 8.21. The minimum Gasteiger partial charge on any atom is -0.391 e. The summed E-state index contributed by atoms with van der Waals surface area (Å²) in [6.45, 7) is 2.82. The van der Waals surface area contributed by atoms with Crippen LogP contribution in [0.4, 0.5) is 0 Å². The largest absolute Gasteiger partial charge is 0.391 e. The molecule has 0 amide bonds. The Morgan fingerprint density at radius 2 is 1.00 bits per heavy atom. The van der Waals surface area contributed by atoms with E-state index >= 15 is 0 Å². The topological polar surface area (TPSA) is 40.5 Å². The van der Waals surface area contributed by atoms with E-state index in [0.717, 1.165) is 11.5 Å². The van der Waals surface area contributed by atoms with Gasteiger partial charge in [0, 0.05) is 0 Å². The fourth-order valence-electron chi connectivity index (χ4n) is 2.36. The third-order valence-corrected chi connectivity index (χ3v) is 5.93. The van der Waals surface area contributed by atoms with Gasteiger partial charge in [-0.3, -0.25) is 0 Å². The van der Waals surface area contributed by atoms with Gasteiger partial charge in [0.05, 0.1) is 13.2 Å². The monoisotopic (exact) mass is 291 g/mol. The van der Waals surface area contributed by atoms with E-state index in [1.165, 1.54) is 70.0 Å². The highest BCUT2D eigenvalue weighted by atomic mass is 32.2. The summed E-state index contributed by atoms with van der Waals surface area (Å²) in [6, 6.07) is 0. The van der Waals surface area contributed by atoms with Crippen LogP contribution in [0.5, 0.6) is 0 Å². The number of aliphatic hydroxyl groups is 2. The maximum atomic E-state index is 8.95. The summed E-state index contributed by atoms with van der Waals surface area (Å²) in [7, 11) is 0.263. The van der Waals surface area contributed by atoms with Crippen molar-refractivity contribution >= 4 is 10.9 Å². The Morgan fingerprint density at radius 1 is 0.579 bits per heavy atom. The molecule has 116 valence electrons. The van der Waals surface area contributed by atoms with Gasteiger partial charge in [0.25, 0.3) is 0 Å². The standard InChI is InChI=1S/C16H35O2S/c1-2-3-4-5-6-7-8-9-10-11-14-19(15-12-17)16-13-18/h17-18H,2-16H2,1H3/q+1. The van der Waals surface area contributed by atoms with Crippen LogP contribution in [0.2, 0.25) is 0 Å². The number of rotatable bonds is 15. The van der Waals surface area contributed by atoms with E-state index in [1.807, 2.05) is 0 Å². The predicted octanol–water partition coefficient (Wildman–Crippen LogP) is 3.51. The van der Waals surface area contributed by atoms with E-state index in [2.05, 4.69) is 6.92 Å². The van der Waals surface area contributed by atoms with E-state index in [-0.39, 0.29) is 24.1 Å². The van der Waals surface area contributed by atoms with Gasteiger partial charge < -0.3 is 10.2 Å². The number of unbranched alkanes of at least 4 members (excludes halogenated alkanes) is 9. The quantitative estimate of drug-likeness (QED) is 0.358. The molecule has 0 aliphatic rings. The number of hydrogen-bond donors (Lipinski definition) is 2. The third kappa shape index (κ3) is 14.5. The van der Waals surface area contributed by atoms with Gasteiger partial charge in [0.1, 0.15) is 17.3 Å². The van der Waals surface area contributed by atoms with Gasteiger partial charge >= 0.3 is 0 Å². The molecule has 19 heavy (non-hydrogen) atoms. The first-order chi connectivity index (χ1) is 9.35. The SMILES string of the molecule is CCCCCCCCCCCC[S+](CCO)CCO. The minimum absolute atomic E-state index is 0.263. The van der Waals surface area contributed by atoms with Crippen LogP contribution >= 0.6 is 0 Å². The highest BCUT2D eigenvalue weighted by molar-refractivity contribution is 7.96. The zero-order chi connectivity index (χ0) is 14.2. The molecule has 0 fully saturated rings. The van der Waals surface area contributed by atoms with Gasteiger partial charge in [0.2, 0.25) is 0 Å². The molecular formula is C16H35O2S+. The second-order valence-electron chi connectivity index (χ2n) is 5.35. The van der Waals surface area contributed by atoms with E-state index in [4.69, 9.17) is 10.2 Å². The fraction of sp³-hybridized carbons (Fsp3) is 1.00. The van der Waals surface area contributed by atoms with Gasteiger partial charge in [-0.15, -0.1) is 0 Å². The molecule has 0 saturated carbocycles. The lowest BCUT2D eigenvalue weighted by molar-refractivity contribution is 0.316. The maximum absolute atomic E-state index is 8.95. The highest BCUT2D eigenvalue weighted by Crippen LogP contribution is 2.11. The van der Waals surface area contributed by atoms with Gasteiger partial charge in [-0.2, -0.15) is 0 Å². The van der Waals surface area contributed by atoms with Crippen LogP contribution in [0.15, 0.2) is 0 Å². The molecule has 0 aromatic carbocycles. The molecule has 0 atom stereocenters. The van der Waals surface area contributed by atoms with Gasteiger partial charge in [-0.05, 0) is 23.7 Å². The normalized spacial score (nSPS) is 11.4. The van der Waals surface area contributed by atoms with Crippen molar-refractivity contribution in [2.24, 2.45) is 0 Å². The summed E-state index contributed by atoms with van der Waals surface area (Å²) >= 11 is 0. The van der Waals surface area contributed by atoms with Crippen molar-refractivity contribution in [2.45, 2.75) is 71.1 Å². The average molecular weight is 292 g/mol. The molecule has 0 radical (unpaired) electrons. The van der Waals surface area contributed by atoms with Crippen molar-refractivity contribution < 1.29 is 10.2 Å². The molecule has 0 spiro atoms. The maximum Gasteiger partial charge on any atom is 0.131 e. The van der Waals surface area contributed by atoms with Crippen molar-refractivity contribution in [3.8, 4) is 0 Å². The van der Waals surface area contributed by atoms with Crippen LogP contribution in [0.1, 0.15) is 71.1 Å². The first kappa shape index (κ1) is 19.3. The Morgan fingerprint density at radius 3 is 1.42 bits per heavy atom. The molecule has 0 aromatic rings. The zero-order valence-electron chi connectivity index (χ0n) is 12.9. The Balaban J connectivity index is 3.20. The Kier molecular flexibility index (Phi) is 16.6. The smallest absolute Gasteiger partial charge is 0.131 e. The molecule has 0 bridgehead atoms. The lowest BCUT2D eigenvalue weighted by Gasteiger charge is -2.06. The molecule has 0 aliphatic heterocycles. The van der Waals surface area contributed by atoms with Crippen LogP contribution in [0.3, 0.4) is 0 Å². The van der Waals surface area contributed by atoms with Gasteiger partial charge in [0.15, 0.2) is 0 Å². The molecule has 0 saturated heterocycles. The Hall–Kier alpha value is 0.270. The van der Waals surface area contributed by atoms with Crippen molar-refractivity contribution in [1.29, 1.82) is 0 Å². The lowest BCUT2D eigenvalue weighted by Crippen LogP contribution is -2.20. The molecular weight excluding hydrogens is 256 g/mol.